The monoisotopic (exact) mass is 289 g/mol. The summed E-state index contributed by atoms with van der Waals surface area (Å²) in [7, 11) is -3.44. The van der Waals surface area contributed by atoms with Gasteiger partial charge in [-0.1, -0.05) is 32.0 Å². The first-order valence-corrected chi connectivity index (χ1v) is 7.91. The zero-order chi connectivity index (χ0) is 13.8. The predicted molar refractivity (Wildman–Crippen MR) is 75.5 cm³/mol. The van der Waals surface area contributed by atoms with Crippen LogP contribution in [0.5, 0.6) is 0 Å². The second-order valence-corrected chi connectivity index (χ2v) is 7.31. The van der Waals surface area contributed by atoms with E-state index in [1.807, 2.05) is 19.9 Å². The van der Waals surface area contributed by atoms with Crippen molar-refractivity contribution in [3.63, 3.8) is 0 Å². The zero-order valence-corrected chi connectivity index (χ0v) is 12.6. The Kier molecular flexibility index (Phi) is 5.20. The Morgan fingerprint density at radius 3 is 2.44 bits per heavy atom. The zero-order valence-electron chi connectivity index (χ0n) is 11.0. The summed E-state index contributed by atoms with van der Waals surface area (Å²) in [6.07, 6.45) is 0.769. The van der Waals surface area contributed by atoms with Crippen LogP contribution in [0.4, 0.5) is 0 Å². The van der Waals surface area contributed by atoms with Gasteiger partial charge in [0.15, 0.2) is 0 Å². The maximum atomic E-state index is 12.2. The predicted octanol–water partition coefficient (Wildman–Crippen LogP) is 2.93. The molecule has 0 atom stereocenters. The van der Waals surface area contributed by atoms with E-state index in [9.17, 15) is 8.42 Å². The summed E-state index contributed by atoms with van der Waals surface area (Å²) in [6.45, 7) is 6.17. The van der Waals surface area contributed by atoms with Crippen molar-refractivity contribution in [2.24, 2.45) is 5.41 Å². The molecule has 1 rings (SSSR count). The third-order valence-corrected chi connectivity index (χ3v) is 4.65. The van der Waals surface area contributed by atoms with Crippen LogP contribution in [0.15, 0.2) is 29.2 Å². The highest BCUT2D eigenvalue weighted by molar-refractivity contribution is 7.89. The lowest BCUT2D eigenvalue weighted by Crippen LogP contribution is -2.34. The lowest BCUT2D eigenvalue weighted by Gasteiger charge is -2.23. The highest BCUT2D eigenvalue weighted by atomic mass is 35.5. The minimum Gasteiger partial charge on any atom is -0.211 e. The minimum absolute atomic E-state index is 0.141. The number of rotatable bonds is 6. The molecule has 1 N–H and O–H groups in total. The van der Waals surface area contributed by atoms with Gasteiger partial charge in [-0.25, -0.2) is 13.1 Å². The van der Waals surface area contributed by atoms with Crippen LogP contribution in [0.25, 0.3) is 0 Å². The first kappa shape index (κ1) is 15.5. The standard InChI is InChI=1S/C13H20ClNO2S/c1-11-6-4-5-7-12(11)18(16,17)15-10-13(2,3)8-9-14/h4-7,15H,8-10H2,1-3H3. The molecule has 0 aliphatic rings. The van der Waals surface area contributed by atoms with E-state index in [4.69, 9.17) is 11.6 Å². The SMILES string of the molecule is Cc1ccccc1S(=O)(=O)NCC(C)(C)CCCl. The van der Waals surface area contributed by atoms with Crippen molar-refractivity contribution in [1.29, 1.82) is 0 Å². The summed E-state index contributed by atoms with van der Waals surface area (Å²) in [6, 6.07) is 6.96. The normalized spacial score (nSPS) is 12.7. The number of aryl methyl sites for hydroxylation is 1. The van der Waals surface area contributed by atoms with Gasteiger partial charge in [-0.3, -0.25) is 0 Å². The molecular formula is C13H20ClNO2S. The number of benzene rings is 1. The van der Waals surface area contributed by atoms with E-state index in [2.05, 4.69) is 4.72 Å². The molecule has 0 aromatic heterocycles. The highest BCUT2D eigenvalue weighted by Gasteiger charge is 2.22. The Bertz CT molecular complexity index is 497. The Labute approximate surface area is 115 Å². The quantitative estimate of drug-likeness (QED) is 0.819. The van der Waals surface area contributed by atoms with E-state index in [0.29, 0.717) is 17.3 Å². The van der Waals surface area contributed by atoms with Gasteiger partial charge in [0, 0.05) is 12.4 Å². The molecule has 0 amide bonds. The summed E-state index contributed by atoms with van der Waals surface area (Å²) in [5, 5.41) is 0. The first-order valence-electron chi connectivity index (χ1n) is 5.90. The molecule has 0 unspecified atom stereocenters. The Balaban J connectivity index is 2.81. The fourth-order valence-electron chi connectivity index (χ4n) is 1.57. The third-order valence-electron chi connectivity index (χ3n) is 2.90. The average Bonchev–Trinajstić information content (AvgIpc) is 2.27. The first-order chi connectivity index (χ1) is 8.28. The van der Waals surface area contributed by atoms with Crippen LogP contribution >= 0.6 is 11.6 Å². The lowest BCUT2D eigenvalue weighted by molar-refractivity contribution is 0.352. The second kappa shape index (κ2) is 6.04. The van der Waals surface area contributed by atoms with Crippen molar-refractivity contribution in [2.75, 3.05) is 12.4 Å². The molecule has 102 valence electrons. The Hall–Kier alpha value is -0.580. The molecule has 0 bridgehead atoms. The molecule has 3 nitrogen and oxygen atoms in total. The molecule has 0 spiro atoms. The van der Waals surface area contributed by atoms with Gasteiger partial charge >= 0.3 is 0 Å². The molecule has 0 heterocycles. The average molecular weight is 290 g/mol. The molecule has 0 radical (unpaired) electrons. The molecule has 1 aromatic carbocycles. The third kappa shape index (κ3) is 4.26. The Morgan fingerprint density at radius 1 is 1.28 bits per heavy atom. The van der Waals surface area contributed by atoms with E-state index < -0.39 is 10.0 Å². The number of halogens is 1. The molecule has 0 aliphatic heterocycles. The van der Waals surface area contributed by atoms with Gasteiger partial charge in [0.2, 0.25) is 10.0 Å². The van der Waals surface area contributed by atoms with Gasteiger partial charge in [0.1, 0.15) is 0 Å². The van der Waals surface area contributed by atoms with Crippen molar-refractivity contribution < 1.29 is 8.42 Å². The summed E-state index contributed by atoms with van der Waals surface area (Å²) >= 11 is 5.70. The summed E-state index contributed by atoms with van der Waals surface area (Å²) < 4.78 is 27.0. The van der Waals surface area contributed by atoms with Crippen LogP contribution in [0.2, 0.25) is 0 Å². The van der Waals surface area contributed by atoms with Crippen LogP contribution in [0.3, 0.4) is 0 Å². The lowest BCUT2D eigenvalue weighted by atomic mass is 9.91. The minimum atomic E-state index is -3.44. The van der Waals surface area contributed by atoms with Crippen molar-refractivity contribution >= 4 is 21.6 Å². The summed E-state index contributed by atoms with van der Waals surface area (Å²) in [5.74, 6) is 0.527. The van der Waals surface area contributed by atoms with Gasteiger partial charge in [-0.2, -0.15) is 0 Å². The van der Waals surface area contributed by atoms with E-state index in [-0.39, 0.29) is 5.41 Å². The van der Waals surface area contributed by atoms with Crippen LogP contribution in [0, 0.1) is 12.3 Å². The van der Waals surface area contributed by atoms with Crippen molar-refractivity contribution in [2.45, 2.75) is 32.1 Å². The smallest absolute Gasteiger partial charge is 0.211 e. The van der Waals surface area contributed by atoms with Gasteiger partial charge in [-0.05, 0) is 30.4 Å². The van der Waals surface area contributed by atoms with Crippen LogP contribution in [-0.4, -0.2) is 20.8 Å². The molecule has 1 aromatic rings. The van der Waals surface area contributed by atoms with Gasteiger partial charge < -0.3 is 0 Å². The molecule has 0 aliphatic carbocycles. The van der Waals surface area contributed by atoms with Crippen molar-refractivity contribution in [3.8, 4) is 0 Å². The molecule has 5 heteroatoms. The maximum Gasteiger partial charge on any atom is 0.240 e. The number of hydrogen-bond acceptors (Lipinski definition) is 2. The topological polar surface area (TPSA) is 46.2 Å². The van der Waals surface area contributed by atoms with E-state index in [1.54, 1.807) is 25.1 Å². The molecule has 0 fully saturated rings. The van der Waals surface area contributed by atoms with E-state index in [0.717, 1.165) is 12.0 Å². The van der Waals surface area contributed by atoms with Crippen LogP contribution in [-0.2, 0) is 10.0 Å². The van der Waals surface area contributed by atoms with Gasteiger partial charge in [-0.15, -0.1) is 11.6 Å². The Morgan fingerprint density at radius 2 is 1.89 bits per heavy atom. The fourth-order valence-corrected chi connectivity index (χ4v) is 3.57. The van der Waals surface area contributed by atoms with E-state index >= 15 is 0 Å². The molecule has 18 heavy (non-hydrogen) atoms. The van der Waals surface area contributed by atoms with Crippen LogP contribution < -0.4 is 4.72 Å². The van der Waals surface area contributed by atoms with Crippen molar-refractivity contribution in [3.05, 3.63) is 29.8 Å². The van der Waals surface area contributed by atoms with Crippen LogP contribution in [0.1, 0.15) is 25.8 Å². The second-order valence-electron chi connectivity index (χ2n) is 5.19. The number of alkyl halides is 1. The number of sulfonamides is 1. The van der Waals surface area contributed by atoms with Gasteiger partial charge in [0.05, 0.1) is 4.90 Å². The fraction of sp³-hybridized carbons (Fsp3) is 0.538. The van der Waals surface area contributed by atoms with Crippen molar-refractivity contribution in [1.82, 2.24) is 4.72 Å². The maximum absolute atomic E-state index is 12.2. The molecule has 0 saturated heterocycles. The van der Waals surface area contributed by atoms with Gasteiger partial charge in [0.25, 0.3) is 0 Å². The largest absolute Gasteiger partial charge is 0.240 e. The summed E-state index contributed by atoms with van der Waals surface area (Å²) in [5.41, 5.74) is 0.609. The molecule has 0 saturated carbocycles. The number of nitrogens with one attached hydrogen (secondary N) is 1. The highest BCUT2D eigenvalue weighted by Crippen LogP contribution is 2.21. The molecular weight excluding hydrogens is 270 g/mol. The number of hydrogen-bond donors (Lipinski definition) is 1. The summed E-state index contributed by atoms with van der Waals surface area (Å²) in [4.78, 5) is 0.340. The van der Waals surface area contributed by atoms with E-state index in [1.165, 1.54) is 0 Å².